The Hall–Kier alpha value is -0.123. The van der Waals surface area contributed by atoms with Crippen molar-refractivity contribution in [2.45, 2.75) is 51.7 Å². The lowest BCUT2D eigenvalue weighted by atomic mass is 9.87. The molecule has 0 saturated heterocycles. The molecule has 1 aromatic carbocycles. The van der Waals surface area contributed by atoms with E-state index in [1.165, 1.54) is 11.1 Å². The molecule has 0 aliphatic heterocycles. The lowest BCUT2D eigenvalue weighted by Gasteiger charge is -2.28. The number of hydrogen-bond acceptors (Lipinski definition) is 1. The van der Waals surface area contributed by atoms with Crippen LogP contribution in [0.25, 0.3) is 0 Å². The van der Waals surface area contributed by atoms with Crippen molar-refractivity contribution in [3.8, 4) is 0 Å². The Morgan fingerprint density at radius 2 is 1.72 bits per heavy atom. The Labute approximate surface area is 122 Å². The number of rotatable bonds is 5. The first kappa shape index (κ1) is 15.9. The maximum atomic E-state index is 6.21. The van der Waals surface area contributed by atoms with Gasteiger partial charge in [0.25, 0.3) is 0 Å². The van der Waals surface area contributed by atoms with Gasteiger partial charge < -0.3 is 4.43 Å². The molecule has 0 N–H and O–H groups in total. The van der Waals surface area contributed by atoms with Gasteiger partial charge in [-0.05, 0) is 36.1 Å². The molecule has 18 heavy (non-hydrogen) atoms. The normalized spacial score (nSPS) is 13.9. The molecular formula is C15H25BrOSi. The second-order valence-corrected chi connectivity index (χ2v) is 9.24. The van der Waals surface area contributed by atoms with Crippen LogP contribution in [0.4, 0.5) is 0 Å². The van der Waals surface area contributed by atoms with Gasteiger partial charge in [0.2, 0.25) is 0 Å². The molecule has 1 nitrogen and oxygen atoms in total. The van der Waals surface area contributed by atoms with E-state index in [1.807, 2.05) is 0 Å². The van der Waals surface area contributed by atoms with Crippen molar-refractivity contribution in [1.82, 2.24) is 0 Å². The minimum atomic E-state index is -1.02. The number of benzene rings is 1. The topological polar surface area (TPSA) is 9.23 Å². The third kappa shape index (κ3) is 5.68. The van der Waals surface area contributed by atoms with Gasteiger partial charge >= 0.3 is 0 Å². The summed E-state index contributed by atoms with van der Waals surface area (Å²) in [5.41, 5.74) is 2.92. The Balaban J connectivity index is 2.86. The van der Waals surface area contributed by atoms with E-state index in [2.05, 4.69) is 74.1 Å². The Kier molecular flexibility index (Phi) is 6.08. The maximum Gasteiger partial charge on any atom is 0.171 e. The van der Waals surface area contributed by atoms with Gasteiger partial charge in [-0.25, -0.2) is 0 Å². The molecule has 1 rings (SSSR count). The first-order chi connectivity index (χ1) is 8.31. The summed E-state index contributed by atoms with van der Waals surface area (Å²) in [4.78, 5) is 0. The lowest BCUT2D eigenvalue weighted by molar-refractivity contribution is 0.147. The van der Waals surface area contributed by atoms with Crippen LogP contribution in [0.1, 0.15) is 44.4 Å². The molecule has 0 aliphatic rings. The number of halogens is 1. The molecule has 0 fully saturated rings. The van der Waals surface area contributed by atoms with E-state index in [1.54, 1.807) is 0 Å². The van der Waals surface area contributed by atoms with Crippen LogP contribution in [-0.2, 0) is 9.76 Å². The van der Waals surface area contributed by atoms with Crippen LogP contribution in [0.15, 0.2) is 24.3 Å². The molecule has 0 saturated carbocycles. The highest BCUT2D eigenvalue weighted by atomic mass is 79.9. The zero-order valence-electron chi connectivity index (χ0n) is 12.2. The molecule has 0 spiro atoms. The van der Waals surface area contributed by atoms with Crippen LogP contribution < -0.4 is 0 Å². The first-order valence-corrected chi connectivity index (χ1v) is 10.5. The van der Waals surface area contributed by atoms with Gasteiger partial charge in [0, 0.05) is 5.33 Å². The standard InChI is InChI=1S/C15H25BrOSi/c1-15(2,3)10-14(17-18(4)5)13-8-6-12(11-16)7-9-13/h6-9,14,18H,10-11H2,1-5H3. The van der Waals surface area contributed by atoms with Crippen molar-refractivity contribution >= 4 is 25.0 Å². The van der Waals surface area contributed by atoms with Crippen molar-refractivity contribution in [1.29, 1.82) is 0 Å². The Morgan fingerprint density at radius 1 is 1.17 bits per heavy atom. The summed E-state index contributed by atoms with van der Waals surface area (Å²) in [5, 5.41) is 0.914. The van der Waals surface area contributed by atoms with E-state index in [-0.39, 0.29) is 6.10 Å². The van der Waals surface area contributed by atoms with Crippen LogP contribution in [0, 0.1) is 5.41 Å². The highest BCUT2D eigenvalue weighted by molar-refractivity contribution is 9.08. The van der Waals surface area contributed by atoms with Crippen LogP contribution in [0.2, 0.25) is 13.1 Å². The second-order valence-electron chi connectivity index (χ2n) is 6.31. The fraction of sp³-hybridized carbons (Fsp3) is 0.600. The van der Waals surface area contributed by atoms with E-state index >= 15 is 0 Å². The smallest absolute Gasteiger partial charge is 0.171 e. The van der Waals surface area contributed by atoms with Gasteiger partial charge in [0.15, 0.2) is 9.04 Å². The van der Waals surface area contributed by atoms with Gasteiger partial charge in [0.1, 0.15) is 0 Å². The van der Waals surface area contributed by atoms with E-state index in [0.29, 0.717) is 5.41 Å². The highest BCUT2D eigenvalue weighted by Gasteiger charge is 2.21. The first-order valence-electron chi connectivity index (χ1n) is 6.62. The minimum absolute atomic E-state index is 0.251. The van der Waals surface area contributed by atoms with Gasteiger partial charge in [0.05, 0.1) is 6.10 Å². The van der Waals surface area contributed by atoms with Crippen LogP contribution in [0.5, 0.6) is 0 Å². The average molecular weight is 329 g/mol. The van der Waals surface area contributed by atoms with Crippen molar-refractivity contribution in [2.75, 3.05) is 0 Å². The molecule has 1 unspecified atom stereocenters. The molecule has 102 valence electrons. The largest absolute Gasteiger partial charge is 0.414 e. The fourth-order valence-electron chi connectivity index (χ4n) is 1.95. The zero-order valence-corrected chi connectivity index (χ0v) is 14.9. The predicted octanol–water partition coefficient (Wildman–Crippen LogP) is 5.06. The summed E-state index contributed by atoms with van der Waals surface area (Å²) >= 11 is 3.48. The molecule has 0 radical (unpaired) electrons. The lowest BCUT2D eigenvalue weighted by Crippen LogP contribution is -2.19. The second kappa shape index (κ2) is 6.87. The van der Waals surface area contributed by atoms with Crippen molar-refractivity contribution < 1.29 is 4.43 Å². The Bertz CT molecular complexity index is 354. The van der Waals surface area contributed by atoms with Crippen LogP contribution in [0.3, 0.4) is 0 Å². The summed E-state index contributed by atoms with van der Waals surface area (Å²) in [6.07, 6.45) is 1.33. The van der Waals surface area contributed by atoms with E-state index in [4.69, 9.17) is 4.43 Å². The average Bonchev–Trinajstić information content (AvgIpc) is 2.26. The minimum Gasteiger partial charge on any atom is -0.414 e. The monoisotopic (exact) mass is 328 g/mol. The van der Waals surface area contributed by atoms with E-state index < -0.39 is 9.04 Å². The Morgan fingerprint density at radius 3 is 2.11 bits per heavy atom. The van der Waals surface area contributed by atoms with E-state index in [0.717, 1.165) is 11.8 Å². The SMILES string of the molecule is C[SiH](C)OC(CC(C)(C)C)c1ccc(CBr)cc1. The third-order valence-electron chi connectivity index (χ3n) is 2.74. The van der Waals surface area contributed by atoms with Crippen LogP contribution >= 0.6 is 15.9 Å². The van der Waals surface area contributed by atoms with Gasteiger partial charge in [-0.1, -0.05) is 61.0 Å². The molecule has 0 aliphatic carbocycles. The summed E-state index contributed by atoms with van der Waals surface area (Å²) < 4.78 is 6.21. The van der Waals surface area contributed by atoms with Crippen LogP contribution in [-0.4, -0.2) is 9.04 Å². The highest BCUT2D eigenvalue weighted by Crippen LogP contribution is 2.32. The fourth-order valence-corrected chi connectivity index (χ4v) is 3.23. The van der Waals surface area contributed by atoms with Gasteiger partial charge in [-0.2, -0.15) is 0 Å². The summed E-state index contributed by atoms with van der Waals surface area (Å²) in [7, 11) is -1.02. The van der Waals surface area contributed by atoms with E-state index in [9.17, 15) is 0 Å². The summed E-state index contributed by atoms with van der Waals surface area (Å²) in [6, 6.07) is 8.80. The number of hydrogen-bond donors (Lipinski definition) is 0. The van der Waals surface area contributed by atoms with Crippen molar-refractivity contribution in [2.24, 2.45) is 5.41 Å². The summed E-state index contributed by atoms with van der Waals surface area (Å²) in [6.45, 7) is 11.3. The molecule has 0 aromatic heterocycles. The third-order valence-corrected chi connectivity index (χ3v) is 4.26. The zero-order chi connectivity index (χ0) is 13.8. The molecule has 0 amide bonds. The molecule has 3 heteroatoms. The number of alkyl halides is 1. The van der Waals surface area contributed by atoms with Gasteiger partial charge in [-0.3, -0.25) is 0 Å². The molecular weight excluding hydrogens is 304 g/mol. The van der Waals surface area contributed by atoms with Gasteiger partial charge in [-0.15, -0.1) is 0 Å². The van der Waals surface area contributed by atoms with Crippen molar-refractivity contribution in [3.63, 3.8) is 0 Å². The predicted molar refractivity (Wildman–Crippen MR) is 85.8 cm³/mol. The quantitative estimate of drug-likeness (QED) is 0.542. The maximum absolute atomic E-state index is 6.21. The molecule has 1 atom stereocenters. The molecule has 0 bridgehead atoms. The molecule has 1 aromatic rings. The van der Waals surface area contributed by atoms with Crippen molar-refractivity contribution in [3.05, 3.63) is 35.4 Å². The molecule has 0 heterocycles. The summed E-state index contributed by atoms with van der Waals surface area (Å²) in [5.74, 6) is 0.